The van der Waals surface area contributed by atoms with Crippen LogP contribution in [0.1, 0.15) is 50.6 Å². The van der Waals surface area contributed by atoms with Crippen LogP contribution in [0.15, 0.2) is 24.4 Å². The Morgan fingerprint density at radius 2 is 1.68 bits per heavy atom. The number of nitrogens with zero attached hydrogens (tertiary/aromatic N) is 3. The number of rotatable bonds is 6. The van der Waals surface area contributed by atoms with E-state index in [2.05, 4.69) is 20.5 Å². The molecule has 5 aliphatic rings. The highest BCUT2D eigenvalue weighted by Gasteiger charge is 2.51. The van der Waals surface area contributed by atoms with Crippen LogP contribution < -0.4 is 10.6 Å². The summed E-state index contributed by atoms with van der Waals surface area (Å²) in [7, 11) is 0. The van der Waals surface area contributed by atoms with Gasteiger partial charge in [0.25, 0.3) is 0 Å². The fourth-order valence-electron chi connectivity index (χ4n) is 6.87. The number of urea groups is 1. The van der Waals surface area contributed by atoms with Crippen molar-refractivity contribution in [2.75, 3.05) is 32.7 Å². The van der Waals surface area contributed by atoms with Crippen molar-refractivity contribution in [1.29, 1.82) is 0 Å². The van der Waals surface area contributed by atoms with Gasteiger partial charge < -0.3 is 15.5 Å². The normalized spacial score (nSPS) is 32.1. The maximum absolute atomic E-state index is 12.6. The zero-order chi connectivity index (χ0) is 21.3. The summed E-state index contributed by atoms with van der Waals surface area (Å²) in [5, 5.41) is 6.27. The highest BCUT2D eigenvalue weighted by molar-refractivity contribution is 5.78. The van der Waals surface area contributed by atoms with E-state index in [-0.39, 0.29) is 17.5 Å². The molecule has 6 rings (SSSR count). The Hall–Kier alpha value is -2.15. The predicted octanol–water partition coefficient (Wildman–Crippen LogP) is 2.38. The Labute approximate surface area is 185 Å². The first-order valence-electron chi connectivity index (χ1n) is 12.0. The second kappa shape index (κ2) is 8.77. The fraction of sp³-hybridized carbons (Fsp3) is 0.708. The molecule has 3 amide bonds. The third-order valence-electron chi connectivity index (χ3n) is 7.88. The molecule has 1 aromatic heterocycles. The van der Waals surface area contributed by atoms with Crippen LogP contribution in [0.3, 0.4) is 0 Å². The molecule has 1 saturated heterocycles. The zero-order valence-corrected chi connectivity index (χ0v) is 18.4. The predicted molar refractivity (Wildman–Crippen MR) is 118 cm³/mol. The maximum atomic E-state index is 12.6. The third kappa shape index (κ3) is 4.86. The highest BCUT2D eigenvalue weighted by Crippen LogP contribution is 2.55. The van der Waals surface area contributed by atoms with Crippen molar-refractivity contribution in [3.05, 3.63) is 30.1 Å². The summed E-state index contributed by atoms with van der Waals surface area (Å²) in [4.78, 5) is 33.8. The number of piperazine rings is 1. The molecule has 168 valence electrons. The van der Waals surface area contributed by atoms with Gasteiger partial charge in [0.05, 0.1) is 5.69 Å². The van der Waals surface area contributed by atoms with E-state index in [9.17, 15) is 9.59 Å². The standard InChI is InChI=1S/C24H35N5O2/c30-22(29-9-7-28(8-10-29)17-21-3-1-2-5-25-21)4-6-26-23(31)27-24-14-18-11-19(15-24)13-20(12-18)16-24/h1-3,5,18-20H,4,6-17H2,(H2,26,27,31). The monoisotopic (exact) mass is 425 g/mol. The van der Waals surface area contributed by atoms with E-state index in [1.54, 1.807) is 0 Å². The molecule has 7 heteroatoms. The largest absolute Gasteiger partial charge is 0.340 e. The topological polar surface area (TPSA) is 77.6 Å². The van der Waals surface area contributed by atoms with Crippen molar-refractivity contribution in [3.63, 3.8) is 0 Å². The van der Waals surface area contributed by atoms with Gasteiger partial charge in [0.15, 0.2) is 0 Å². The SMILES string of the molecule is O=C(NCCC(=O)N1CCN(Cc2ccccn2)CC1)NC12CC3CC(CC(C3)C1)C2. The van der Waals surface area contributed by atoms with Crippen molar-refractivity contribution < 1.29 is 9.59 Å². The molecular formula is C24H35N5O2. The average Bonchev–Trinajstić information content (AvgIpc) is 2.73. The minimum Gasteiger partial charge on any atom is -0.340 e. The molecule has 0 spiro atoms. The number of carbonyl (C=O) groups excluding carboxylic acids is 2. The van der Waals surface area contributed by atoms with E-state index in [0.29, 0.717) is 13.0 Å². The van der Waals surface area contributed by atoms with E-state index in [1.807, 2.05) is 29.3 Å². The Bertz CT molecular complexity index is 755. The number of hydrogen-bond acceptors (Lipinski definition) is 4. The minimum atomic E-state index is -0.0880. The summed E-state index contributed by atoms with van der Waals surface area (Å²) in [5.41, 5.74) is 1.09. The number of aromatic nitrogens is 1. The van der Waals surface area contributed by atoms with E-state index < -0.39 is 0 Å². The quantitative estimate of drug-likeness (QED) is 0.734. The van der Waals surface area contributed by atoms with E-state index >= 15 is 0 Å². The van der Waals surface area contributed by atoms with E-state index in [0.717, 1.165) is 75.4 Å². The number of pyridine rings is 1. The Balaban J connectivity index is 1.01. The second-order valence-corrected chi connectivity index (χ2v) is 10.3. The molecule has 4 saturated carbocycles. The molecule has 1 aliphatic heterocycles. The molecule has 4 aliphatic carbocycles. The Morgan fingerprint density at radius 1 is 1.00 bits per heavy atom. The minimum absolute atomic E-state index is 0.0206. The summed E-state index contributed by atoms with van der Waals surface area (Å²) in [6.45, 7) is 4.45. The van der Waals surface area contributed by atoms with Crippen LogP contribution >= 0.6 is 0 Å². The molecular weight excluding hydrogens is 390 g/mol. The molecule has 2 heterocycles. The van der Waals surface area contributed by atoms with Crippen molar-refractivity contribution in [1.82, 2.24) is 25.4 Å². The van der Waals surface area contributed by atoms with E-state index in [4.69, 9.17) is 0 Å². The van der Waals surface area contributed by atoms with Gasteiger partial charge in [-0.1, -0.05) is 6.07 Å². The van der Waals surface area contributed by atoms with Gasteiger partial charge in [-0.15, -0.1) is 0 Å². The molecule has 0 atom stereocenters. The number of carbonyl (C=O) groups is 2. The third-order valence-corrected chi connectivity index (χ3v) is 7.88. The van der Waals surface area contributed by atoms with Crippen LogP contribution in [0.5, 0.6) is 0 Å². The van der Waals surface area contributed by atoms with Crippen LogP contribution in [0.4, 0.5) is 4.79 Å². The first-order valence-corrected chi connectivity index (χ1v) is 12.0. The average molecular weight is 426 g/mol. The number of hydrogen-bond donors (Lipinski definition) is 2. The molecule has 1 aromatic rings. The summed E-state index contributed by atoms with van der Waals surface area (Å²) >= 11 is 0. The van der Waals surface area contributed by atoms with E-state index in [1.165, 1.54) is 19.3 Å². The van der Waals surface area contributed by atoms with Crippen LogP contribution in [-0.2, 0) is 11.3 Å². The summed E-state index contributed by atoms with van der Waals surface area (Å²) < 4.78 is 0. The lowest BCUT2D eigenvalue weighted by Gasteiger charge is -2.56. The Morgan fingerprint density at radius 3 is 2.29 bits per heavy atom. The lowest BCUT2D eigenvalue weighted by molar-refractivity contribution is -0.132. The molecule has 7 nitrogen and oxygen atoms in total. The number of nitrogens with one attached hydrogen (secondary N) is 2. The molecule has 5 fully saturated rings. The second-order valence-electron chi connectivity index (χ2n) is 10.3. The van der Waals surface area contributed by atoms with Gasteiger partial charge in [-0.3, -0.25) is 14.7 Å². The smallest absolute Gasteiger partial charge is 0.315 e. The van der Waals surface area contributed by atoms with Crippen molar-refractivity contribution >= 4 is 11.9 Å². The zero-order valence-electron chi connectivity index (χ0n) is 18.4. The van der Waals surface area contributed by atoms with Gasteiger partial charge in [-0.2, -0.15) is 0 Å². The van der Waals surface area contributed by atoms with Gasteiger partial charge in [0.1, 0.15) is 0 Å². The molecule has 0 aromatic carbocycles. The van der Waals surface area contributed by atoms with Gasteiger partial charge in [0, 0.05) is 57.4 Å². The van der Waals surface area contributed by atoms with Gasteiger partial charge in [0.2, 0.25) is 5.91 Å². The highest BCUT2D eigenvalue weighted by atomic mass is 16.2. The molecule has 4 bridgehead atoms. The first kappa shape index (κ1) is 20.7. The van der Waals surface area contributed by atoms with Crippen molar-refractivity contribution in [2.24, 2.45) is 17.8 Å². The lowest BCUT2D eigenvalue weighted by Crippen LogP contribution is -2.61. The molecule has 2 N–H and O–H groups in total. The van der Waals surface area contributed by atoms with Crippen molar-refractivity contribution in [2.45, 2.75) is 57.0 Å². The Kier molecular flexibility index (Phi) is 5.87. The lowest BCUT2D eigenvalue weighted by atomic mass is 9.53. The first-order chi connectivity index (χ1) is 15.1. The maximum Gasteiger partial charge on any atom is 0.315 e. The van der Waals surface area contributed by atoms with Crippen LogP contribution in [0.25, 0.3) is 0 Å². The summed E-state index contributed by atoms with van der Waals surface area (Å²) in [5.74, 6) is 2.56. The molecule has 0 unspecified atom stereocenters. The van der Waals surface area contributed by atoms with Gasteiger partial charge >= 0.3 is 6.03 Å². The van der Waals surface area contributed by atoms with Crippen LogP contribution in [0.2, 0.25) is 0 Å². The molecule has 31 heavy (non-hydrogen) atoms. The molecule has 0 radical (unpaired) electrons. The van der Waals surface area contributed by atoms with Gasteiger partial charge in [-0.25, -0.2) is 4.79 Å². The van der Waals surface area contributed by atoms with Gasteiger partial charge in [-0.05, 0) is 68.4 Å². The van der Waals surface area contributed by atoms with Crippen molar-refractivity contribution in [3.8, 4) is 0 Å². The summed E-state index contributed by atoms with van der Waals surface area (Å²) in [6, 6.07) is 5.89. The fourth-order valence-corrected chi connectivity index (χ4v) is 6.87. The van der Waals surface area contributed by atoms with Crippen LogP contribution in [0, 0.1) is 17.8 Å². The number of amides is 3. The summed E-state index contributed by atoms with van der Waals surface area (Å²) in [6.07, 6.45) is 9.73. The van der Waals surface area contributed by atoms with Crippen LogP contribution in [-0.4, -0.2) is 65.0 Å².